The van der Waals surface area contributed by atoms with Crippen molar-refractivity contribution in [3.05, 3.63) is 65.4 Å². The molecule has 7 heteroatoms. The van der Waals surface area contributed by atoms with Gasteiger partial charge >= 0.3 is 0 Å². The molecule has 2 aromatic carbocycles. The summed E-state index contributed by atoms with van der Waals surface area (Å²) in [4.78, 5) is 28.3. The summed E-state index contributed by atoms with van der Waals surface area (Å²) >= 11 is 0. The fourth-order valence-corrected chi connectivity index (χ4v) is 4.67. The molecule has 0 spiro atoms. The first-order chi connectivity index (χ1) is 16.5. The molecule has 3 aromatic rings. The second-order valence-corrected chi connectivity index (χ2v) is 8.75. The molecule has 2 heterocycles. The van der Waals surface area contributed by atoms with Crippen LogP contribution in [-0.2, 0) is 22.5 Å². The Morgan fingerprint density at radius 1 is 1.06 bits per heavy atom. The normalized spacial score (nSPS) is 15.3. The van der Waals surface area contributed by atoms with Gasteiger partial charge in [0.1, 0.15) is 5.75 Å². The van der Waals surface area contributed by atoms with Crippen molar-refractivity contribution in [3.8, 4) is 5.75 Å². The summed E-state index contributed by atoms with van der Waals surface area (Å²) in [7, 11) is 1.65. The number of ether oxygens (including phenoxy) is 2. The molecule has 4 rings (SSSR count). The van der Waals surface area contributed by atoms with E-state index in [1.807, 2.05) is 55.5 Å². The Morgan fingerprint density at radius 3 is 2.47 bits per heavy atom. The van der Waals surface area contributed by atoms with Gasteiger partial charge in [0.2, 0.25) is 0 Å². The maximum Gasteiger partial charge on any atom is 0.254 e. The van der Waals surface area contributed by atoms with E-state index >= 15 is 0 Å². The highest BCUT2D eigenvalue weighted by molar-refractivity contribution is 6.10. The van der Waals surface area contributed by atoms with Crippen LogP contribution < -0.4 is 10.1 Å². The number of aromatic nitrogens is 1. The standard InChI is InChI=1S/C27H33N3O4/c1-19-25(27(32)28-23(20(2)31)18-21-8-5-4-6-9-21)22-10-7-11-24(33-3)26(22)30(19)13-12-29-14-16-34-17-15-29/h4-11,23H,12-18H2,1-3H3,(H,28,32)/t23-/m0/s1. The molecular weight excluding hydrogens is 430 g/mol. The van der Waals surface area contributed by atoms with Crippen molar-refractivity contribution >= 4 is 22.6 Å². The van der Waals surface area contributed by atoms with Gasteiger partial charge in [-0.1, -0.05) is 42.5 Å². The number of carbonyl (C=O) groups excluding carboxylic acids is 2. The van der Waals surface area contributed by atoms with Crippen LogP contribution in [0.4, 0.5) is 0 Å². The van der Waals surface area contributed by atoms with E-state index in [0.29, 0.717) is 12.0 Å². The van der Waals surface area contributed by atoms with Gasteiger partial charge in [-0.25, -0.2) is 0 Å². The Bertz CT molecular complexity index is 1150. The summed E-state index contributed by atoms with van der Waals surface area (Å²) in [5, 5.41) is 3.83. The number of hydrogen-bond donors (Lipinski definition) is 1. The predicted octanol–water partition coefficient (Wildman–Crippen LogP) is 3.22. The Labute approximate surface area is 200 Å². The topological polar surface area (TPSA) is 72.8 Å². The number of ketones is 1. The minimum atomic E-state index is -0.591. The van der Waals surface area contributed by atoms with Crippen LogP contribution in [-0.4, -0.2) is 67.2 Å². The number of amides is 1. The van der Waals surface area contributed by atoms with Gasteiger partial charge in [0.25, 0.3) is 5.91 Å². The third-order valence-corrected chi connectivity index (χ3v) is 6.57. The largest absolute Gasteiger partial charge is 0.495 e. The number of Topliss-reactive ketones (excluding diaryl/α,β-unsaturated/α-hetero) is 1. The molecule has 0 bridgehead atoms. The average Bonchev–Trinajstić information content (AvgIpc) is 3.14. The first-order valence-electron chi connectivity index (χ1n) is 11.8. The number of hydrogen-bond acceptors (Lipinski definition) is 5. The third kappa shape index (κ3) is 5.16. The Morgan fingerprint density at radius 2 is 1.79 bits per heavy atom. The number of methoxy groups -OCH3 is 1. The molecule has 0 aliphatic carbocycles. The summed E-state index contributed by atoms with van der Waals surface area (Å²) in [6, 6.07) is 14.9. The zero-order valence-corrected chi connectivity index (χ0v) is 20.2. The molecule has 7 nitrogen and oxygen atoms in total. The molecule has 1 aliphatic rings. The molecule has 1 N–H and O–H groups in total. The number of fused-ring (bicyclic) bond motifs is 1. The summed E-state index contributed by atoms with van der Waals surface area (Å²) in [5.74, 6) is 0.425. The second kappa shape index (κ2) is 10.8. The van der Waals surface area contributed by atoms with Crippen LogP contribution in [0, 0.1) is 6.92 Å². The predicted molar refractivity (Wildman–Crippen MR) is 133 cm³/mol. The molecule has 0 saturated carbocycles. The van der Waals surface area contributed by atoms with E-state index in [2.05, 4.69) is 14.8 Å². The Hall–Kier alpha value is -3.16. The highest BCUT2D eigenvalue weighted by atomic mass is 16.5. The van der Waals surface area contributed by atoms with Gasteiger partial charge in [-0.15, -0.1) is 0 Å². The van der Waals surface area contributed by atoms with Crippen LogP contribution in [0.25, 0.3) is 10.9 Å². The maximum absolute atomic E-state index is 13.6. The van der Waals surface area contributed by atoms with Crippen LogP contribution in [0.5, 0.6) is 5.75 Å². The lowest BCUT2D eigenvalue weighted by Crippen LogP contribution is -2.41. The number of carbonyl (C=O) groups is 2. The van der Waals surface area contributed by atoms with Gasteiger partial charge in [-0.3, -0.25) is 14.5 Å². The first kappa shape index (κ1) is 24.0. The summed E-state index contributed by atoms with van der Waals surface area (Å²) < 4.78 is 13.3. The molecule has 0 unspecified atom stereocenters. The number of nitrogens with zero attached hydrogens (tertiary/aromatic N) is 2. The van der Waals surface area contributed by atoms with Crippen LogP contribution in [0.1, 0.15) is 28.5 Å². The van der Waals surface area contributed by atoms with Crippen molar-refractivity contribution in [2.45, 2.75) is 32.9 Å². The maximum atomic E-state index is 13.6. The highest BCUT2D eigenvalue weighted by Gasteiger charge is 2.26. The van der Waals surface area contributed by atoms with Crippen LogP contribution in [0.3, 0.4) is 0 Å². The van der Waals surface area contributed by atoms with E-state index in [1.54, 1.807) is 7.11 Å². The van der Waals surface area contributed by atoms with Gasteiger partial charge < -0.3 is 19.4 Å². The molecule has 1 fully saturated rings. The van der Waals surface area contributed by atoms with E-state index in [4.69, 9.17) is 9.47 Å². The number of para-hydroxylation sites is 1. The Kier molecular flexibility index (Phi) is 7.65. The molecule has 180 valence electrons. The number of benzene rings is 2. The van der Waals surface area contributed by atoms with Gasteiger partial charge in [-0.05, 0) is 31.9 Å². The fraction of sp³-hybridized carbons (Fsp3) is 0.407. The molecule has 1 saturated heterocycles. The smallest absolute Gasteiger partial charge is 0.254 e. The minimum Gasteiger partial charge on any atom is -0.495 e. The fourth-order valence-electron chi connectivity index (χ4n) is 4.67. The monoisotopic (exact) mass is 463 g/mol. The molecular formula is C27H33N3O4. The molecule has 0 radical (unpaired) electrons. The lowest BCUT2D eigenvalue weighted by molar-refractivity contribution is -0.118. The van der Waals surface area contributed by atoms with Crippen molar-refractivity contribution in [2.24, 2.45) is 0 Å². The van der Waals surface area contributed by atoms with Gasteiger partial charge in [0.15, 0.2) is 5.78 Å². The van der Waals surface area contributed by atoms with Gasteiger partial charge in [0, 0.05) is 37.3 Å². The number of nitrogens with one attached hydrogen (secondary N) is 1. The summed E-state index contributed by atoms with van der Waals surface area (Å²) in [5.41, 5.74) is 3.38. The second-order valence-electron chi connectivity index (χ2n) is 8.75. The lowest BCUT2D eigenvalue weighted by atomic mass is 10.0. The van der Waals surface area contributed by atoms with Gasteiger partial charge in [0.05, 0.1) is 37.4 Å². The summed E-state index contributed by atoms with van der Waals surface area (Å²) in [6.45, 7) is 8.38. The van der Waals surface area contributed by atoms with E-state index in [1.165, 1.54) is 6.92 Å². The van der Waals surface area contributed by atoms with Crippen LogP contribution >= 0.6 is 0 Å². The first-order valence-corrected chi connectivity index (χ1v) is 11.8. The Balaban J connectivity index is 1.64. The van der Waals surface area contributed by atoms with E-state index in [0.717, 1.165) is 67.3 Å². The van der Waals surface area contributed by atoms with Crippen molar-refractivity contribution in [1.29, 1.82) is 0 Å². The van der Waals surface area contributed by atoms with Crippen molar-refractivity contribution < 1.29 is 19.1 Å². The van der Waals surface area contributed by atoms with E-state index in [-0.39, 0.29) is 11.7 Å². The van der Waals surface area contributed by atoms with Crippen molar-refractivity contribution in [2.75, 3.05) is 40.0 Å². The van der Waals surface area contributed by atoms with Gasteiger partial charge in [-0.2, -0.15) is 0 Å². The zero-order chi connectivity index (χ0) is 24.1. The zero-order valence-electron chi connectivity index (χ0n) is 20.2. The van der Waals surface area contributed by atoms with E-state index in [9.17, 15) is 9.59 Å². The minimum absolute atomic E-state index is 0.0662. The SMILES string of the molecule is COc1cccc2c(C(=O)N[C@@H](Cc3ccccc3)C(C)=O)c(C)n(CCN3CCOCC3)c12. The third-order valence-electron chi connectivity index (χ3n) is 6.57. The molecule has 1 aliphatic heterocycles. The number of morpholine rings is 1. The van der Waals surface area contributed by atoms with E-state index < -0.39 is 6.04 Å². The van der Waals surface area contributed by atoms with Crippen LogP contribution in [0.15, 0.2) is 48.5 Å². The van der Waals surface area contributed by atoms with Crippen LogP contribution in [0.2, 0.25) is 0 Å². The lowest BCUT2D eigenvalue weighted by Gasteiger charge is -2.27. The van der Waals surface area contributed by atoms with Crippen molar-refractivity contribution in [3.63, 3.8) is 0 Å². The molecule has 34 heavy (non-hydrogen) atoms. The molecule has 1 aromatic heterocycles. The quantitative estimate of drug-likeness (QED) is 0.528. The molecule has 1 amide bonds. The number of rotatable bonds is 9. The average molecular weight is 464 g/mol. The molecule has 1 atom stereocenters. The van der Waals surface area contributed by atoms with Crippen molar-refractivity contribution in [1.82, 2.24) is 14.8 Å². The highest BCUT2D eigenvalue weighted by Crippen LogP contribution is 2.33. The summed E-state index contributed by atoms with van der Waals surface area (Å²) in [6.07, 6.45) is 0.458.